The molecule has 1 aromatic rings. The van der Waals surface area contributed by atoms with Crippen LogP contribution in [0.15, 0.2) is 18.2 Å². The molecular weight excluding hydrogens is 271 g/mol. The number of halogens is 2. The average molecular weight is 291 g/mol. The fraction of sp³-hybridized carbons (Fsp3) is 0.538. The molecule has 1 rings (SSSR count). The van der Waals surface area contributed by atoms with E-state index in [4.69, 9.17) is 27.6 Å². The first kappa shape index (κ1) is 14.9. The molecule has 0 aromatic heterocycles. The van der Waals surface area contributed by atoms with E-state index in [1.807, 2.05) is 18.2 Å². The second-order valence-corrected chi connectivity index (χ2v) is 11.1. The molecule has 1 nitrogen and oxygen atoms in total. The first-order chi connectivity index (χ1) is 7.67. The summed E-state index contributed by atoms with van der Waals surface area (Å²) in [5.41, 5.74) is 0.941. The van der Waals surface area contributed by atoms with Gasteiger partial charge in [0.05, 0.1) is 0 Å². The van der Waals surface area contributed by atoms with Crippen LogP contribution >= 0.6 is 23.2 Å². The van der Waals surface area contributed by atoms with Crippen molar-refractivity contribution in [2.75, 3.05) is 0 Å². The van der Waals surface area contributed by atoms with E-state index >= 15 is 0 Å². The number of alkyl halides is 1. The number of rotatable bonds is 3. The lowest BCUT2D eigenvalue weighted by Crippen LogP contribution is -2.43. The topological polar surface area (TPSA) is 9.23 Å². The maximum atomic E-state index is 6.16. The molecule has 0 saturated carbocycles. The monoisotopic (exact) mass is 290 g/mol. The van der Waals surface area contributed by atoms with Gasteiger partial charge in [-0.2, -0.15) is 0 Å². The van der Waals surface area contributed by atoms with Gasteiger partial charge in [0.2, 0.25) is 8.32 Å². The van der Waals surface area contributed by atoms with Gasteiger partial charge in [-0.1, -0.05) is 38.4 Å². The Morgan fingerprint density at radius 2 is 1.82 bits per heavy atom. The lowest BCUT2D eigenvalue weighted by molar-refractivity contribution is 0.492. The Labute approximate surface area is 115 Å². The highest BCUT2D eigenvalue weighted by Gasteiger charge is 2.38. The fourth-order valence-corrected chi connectivity index (χ4v) is 2.71. The van der Waals surface area contributed by atoms with E-state index in [0.717, 1.165) is 11.3 Å². The van der Waals surface area contributed by atoms with Crippen LogP contribution in [-0.2, 0) is 5.88 Å². The molecule has 0 bridgehead atoms. The van der Waals surface area contributed by atoms with Gasteiger partial charge in [0.15, 0.2) is 0 Å². The van der Waals surface area contributed by atoms with E-state index in [-0.39, 0.29) is 5.04 Å². The van der Waals surface area contributed by atoms with Gasteiger partial charge >= 0.3 is 0 Å². The van der Waals surface area contributed by atoms with Crippen LogP contribution in [0.1, 0.15) is 26.3 Å². The third-order valence-corrected chi connectivity index (χ3v) is 8.35. The lowest BCUT2D eigenvalue weighted by atomic mass is 10.2. The third-order valence-electron chi connectivity index (χ3n) is 3.35. The molecule has 0 fully saturated rings. The lowest BCUT2D eigenvalue weighted by Gasteiger charge is -2.36. The molecule has 96 valence electrons. The van der Waals surface area contributed by atoms with Crippen molar-refractivity contribution in [2.45, 2.75) is 44.8 Å². The maximum absolute atomic E-state index is 6.16. The van der Waals surface area contributed by atoms with Gasteiger partial charge in [-0.05, 0) is 35.8 Å². The Kier molecular flexibility index (Phi) is 4.56. The summed E-state index contributed by atoms with van der Waals surface area (Å²) in [6.07, 6.45) is 0. The second kappa shape index (κ2) is 5.21. The molecule has 17 heavy (non-hydrogen) atoms. The maximum Gasteiger partial charge on any atom is 0.250 e. The van der Waals surface area contributed by atoms with E-state index in [9.17, 15) is 0 Å². The summed E-state index contributed by atoms with van der Waals surface area (Å²) in [5.74, 6) is 1.27. The Morgan fingerprint density at radius 1 is 1.24 bits per heavy atom. The van der Waals surface area contributed by atoms with Gasteiger partial charge < -0.3 is 4.43 Å². The predicted octanol–water partition coefficient (Wildman–Crippen LogP) is 5.46. The molecule has 0 unspecified atom stereocenters. The number of hydrogen-bond acceptors (Lipinski definition) is 1. The van der Waals surface area contributed by atoms with Crippen molar-refractivity contribution in [2.24, 2.45) is 0 Å². The Morgan fingerprint density at radius 3 is 2.24 bits per heavy atom. The van der Waals surface area contributed by atoms with Crippen molar-refractivity contribution < 1.29 is 4.43 Å². The van der Waals surface area contributed by atoms with Gasteiger partial charge in [-0.25, -0.2) is 0 Å². The van der Waals surface area contributed by atoms with Gasteiger partial charge in [-0.3, -0.25) is 0 Å². The minimum atomic E-state index is -1.79. The van der Waals surface area contributed by atoms with Gasteiger partial charge in [0, 0.05) is 10.9 Å². The van der Waals surface area contributed by atoms with E-state index in [2.05, 4.69) is 33.9 Å². The molecule has 0 heterocycles. The zero-order valence-corrected chi connectivity index (χ0v) is 13.6. The van der Waals surface area contributed by atoms with Crippen LogP contribution < -0.4 is 4.43 Å². The van der Waals surface area contributed by atoms with Crippen LogP contribution in [0.3, 0.4) is 0 Å². The van der Waals surface area contributed by atoms with Gasteiger partial charge in [0.1, 0.15) is 5.75 Å². The highest BCUT2D eigenvalue weighted by atomic mass is 35.5. The molecule has 0 N–H and O–H groups in total. The number of benzene rings is 1. The van der Waals surface area contributed by atoms with Crippen molar-refractivity contribution in [3.63, 3.8) is 0 Å². The van der Waals surface area contributed by atoms with Crippen LogP contribution in [0, 0.1) is 0 Å². The molecule has 0 spiro atoms. The van der Waals surface area contributed by atoms with Crippen molar-refractivity contribution in [3.8, 4) is 5.75 Å². The zero-order valence-electron chi connectivity index (χ0n) is 11.1. The minimum Gasteiger partial charge on any atom is -0.543 e. The van der Waals surface area contributed by atoms with E-state index in [1.54, 1.807) is 0 Å². The average Bonchev–Trinajstić information content (AvgIpc) is 2.15. The van der Waals surface area contributed by atoms with Crippen LogP contribution in [0.2, 0.25) is 23.2 Å². The standard InChI is InChI=1S/C13H20Cl2OSi/c1-13(2,3)17(4,5)16-11-7-6-10(9-14)12(15)8-11/h6-8H,9H2,1-5H3. The van der Waals surface area contributed by atoms with Crippen LogP contribution in [-0.4, -0.2) is 8.32 Å². The van der Waals surface area contributed by atoms with Crippen LogP contribution in [0.4, 0.5) is 0 Å². The van der Waals surface area contributed by atoms with E-state index in [1.165, 1.54) is 0 Å². The molecule has 0 aliphatic carbocycles. The minimum absolute atomic E-state index is 0.185. The normalized spacial score (nSPS) is 12.6. The first-order valence-electron chi connectivity index (χ1n) is 5.71. The summed E-state index contributed by atoms with van der Waals surface area (Å²) in [5, 5.41) is 0.862. The predicted molar refractivity (Wildman–Crippen MR) is 78.8 cm³/mol. The molecule has 4 heteroatoms. The smallest absolute Gasteiger partial charge is 0.250 e. The Hall–Kier alpha value is -0.183. The highest BCUT2D eigenvalue weighted by Crippen LogP contribution is 2.38. The van der Waals surface area contributed by atoms with Crippen LogP contribution in [0.25, 0.3) is 0 Å². The highest BCUT2D eigenvalue weighted by molar-refractivity contribution is 6.74. The Balaban J connectivity index is 2.93. The molecule has 1 aromatic carbocycles. The molecule has 0 radical (unpaired) electrons. The van der Waals surface area contributed by atoms with E-state index in [0.29, 0.717) is 10.9 Å². The van der Waals surface area contributed by atoms with Gasteiger partial charge in [-0.15, -0.1) is 11.6 Å². The summed E-state index contributed by atoms with van der Waals surface area (Å²) in [6.45, 7) is 11.1. The molecule has 0 amide bonds. The van der Waals surface area contributed by atoms with Crippen molar-refractivity contribution in [1.82, 2.24) is 0 Å². The molecule has 0 saturated heterocycles. The Bertz CT molecular complexity index is 397. The number of hydrogen-bond donors (Lipinski definition) is 0. The molecule has 0 aliphatic rings. The zero-order chi connectivity index (χ0) is 13.3. The summed E-state index contributed by atoms with van der Waals surface area (Å²) in [6, 6.07) is 5.74. The van der Waals surface area contributed by atoms with Crippen molar-refractivity contribution >= 4 is 31.5 Å². The van der Waals surface area contributed by atoms with E-state index < -0.39 is 8.32 Å². The quantitative estimate of drug-likeness (QED) is 0.530. The summed E-state index contributed by atoms with van der Waals surface area (Å²) in [4.78, 5) is 0. The largest absolute Gasteiger partial charge is 0.543 e. The SMILES string of the molecule is CC(C)(C)[Si](C)(C)Oc1ccc(CCl)c(Cl)c1. The van der Waals surface area contributed by atoms with Gasteiger partial charge in [0.25, 0.3) is 0 Å². The van der Waals surface area contributed by atoms with Crippen molar-refractivity contribution in [1.29, 1.82) is 0 Å². The van der Waals surface area contributed by atoms with Crippen molar-refractivity contribution in [3.05, 3.63) is 28.8 Å². The summed E-state index contributed by atoms with van der Waals surface area (Å²) >= 11 is 11.9. The fourth-order valence-electron chi connectivity index (χ4n) is 1.15. The molecular formula is C13H20Cl2OSi. The summed E-state index contributed by atoms with van der Waals surface area (Å²) < 4.78 is 6.16. The van der Waals surface area contributed by atoms with Crippen LogP contribution in [0.5, 0.6) is 5.75 Å². The summed E-state index contributed by atoms with van der Waals surface area (Å²) in [7, 11) is -1.79. The molecule has 0 aliphatic heterocycles. The third kappa shape index (κ3) is 3.64. The second-order valence-electron chi connectivity index (χ2n) is 5.75. The first-order valence-corrected chi connectivity index (χ1v) is 9.53. The molecule has 0 atom stereocenters.